The van der Waals surface area contributed by atoms with Crippen molar-refractivity contribution >= 4 is 39.1 Å². The highest BCUT2D eigenvalue weighted by molar-refractivity contribution is 9.10. The van der Waals surface area contributed by atoms with Crippen LogP contribution in [0.3, 0.4) is 0 Å². The van der Waals surface area contributed by atoms with Crippen molar-refractivity contribution in [3.05, 3.63) is 58.6 Å². The van der Waals surface area contributed by atoms with Gasteiger partial charge in [0.25, 0.3) is 5.91 Å². The summed E-state index contributed by atoms with van der Waals surface area (Å²) in [7, 11) is 0. The maximum absolute atomic E-state index is 12.6. The Kier molecular flexibility index (Phi) is 8.33. The van der Waals surface area contributed by atoms with E-state index < -0.39 is 0 Å². The second-order valence-corrected chi connectivity index (χ2v) is 7.11. The third-order valence-electron chi connectivity index (χ3n) is 4.01. The Hall–Kier alpha value is -2.34. The van der Waals surface area contributed by atoms with Crippen molar-refractivity contribution in [2.24, 2.45) is 0 Å². The summed E-state index contributed by atoms with van der Waals surface area (Å²) in [4.78, 5) is 26.5. The van der Waals surface area contributed by atoms with Gasteiger partial charge in [0, 0.05) is 28.8 Å². The lowest BCUT2D eigenvalue weighted by molar-refractivity contribution is -0.114. The molecule has 0 aromatic heterocycles. The molecule has 0 radical (unpaired) electrons. The number of hydrogen-bond donors (Lipinski definition) is 2. The quantitative estimate of drug-likeness (QED) is 0.601. The number of anilines is 2. The van der Waals surface area contributed by atoms with E-state index in [0.717, 1.165) is 41.8 Å². The Morgan fingerprint density at radius 1 is 0.963 bits per heavy atom. The number of carbonyl (C=O) groups is 2. The van der Waals surface area contributed by atoms with Gasteiger partial charge in [-0.2, -0.15) is 0 Å². The number of hydrogen-bond acceptors (Lipinski definition) is 3. The topological polar surface area (TPSA) is 61.4 Å². The highest BCUT2D eigenvalue weighted by atomic mass is 79.9. The minimum Gasteiger partial charge on any atom is -0.376 e. The van der Waals surface area contributed by atoms with Gasteiger partial charge in [-0.15, -0.1) is 0 Å². The SMILES string of the molecule is CCCN(CCC)C(=O)c1ccc(NCC(=O)Nc2ccccc2Br)cc1. The zero-order valence-corrected chi connectivity index (χ0v) is 17.4. The van der Waals surface area contributed by atoms with Crippen molar-refractivity contribution in [3.63, 3.8) is 0 Å². The zero-order valence-electron chi connectivity index (χ0n) is 15.8. The van der Waals surface area contributed by atoms with Crippen LogP contribution in [-0.4, -0.2) is 36.3 Å². The summed E-state index contributed by atoms with van der Waals surface area (Å²) in [6.07, 6.45) is 1.88. The standard InChI is InChI=1S/C21H26BrN3O2/c1-3-13-25(14-4-2)21(27)16-9-11-17(12-10-16)23-15-20(26)24-19-8-6-5-7-18(19)22/h5-12,23H,3-4,13-15H2,1-2H3,(H,24,26). The van der Waals surface area contributed by atoms with Gasteiger partial charge in [0.2, 0.25) is 5.91 Å². The van der Waals surface area contributed by atoms with Crippen LogP contribution in [0.15, 0.2) is 53.0 Å². The van der Waals surface area contributed by atoms with Gasteiger partial charge in [0.05, 0.1) is 12.2 Å². The third-order valence-corrected chi connectivity index (χ3v) is 4.70. The molecular formula is C21H26BrN3O2. The molecule has 27 heavy (non-hydrogen) atoms. The van der Waals surface area contributed by atoms with E-state index in [4.69, 9.17) is 0 Å². The highest BCUT2D eigenvalue weighted by Crippen LogP contribution is 2.21. The normalized spacial score (nSPS) is 10.3. The Morgan fingerprint density at radius 2 is 1.59 bits per heavy atom. The molecule has 0 aliphatic heterocycles. The van der Waals surface area contributed by atoms with Crippen molar-refractivity contribution in [2.75, 3.05) is 30.3 Å². The van der Waals surface area contributed by atoms with Gasteiger partial charge in [-0.1, -0.05) is 26.0 Å². The molecule has 2 rings (SSSR count). The first-order valence-electron chi connectivity index (χ1n) is 9.22. The molecular weight excluding hydrogens is 406 g/mol. The van der Waals surface area contributed by atoms with Gasteiger partial charge >= 0.3 is 0 Å². The van der Waals surface area contributed by atoms with Gasteiger partial charge in [0.15, 0.2) is 0 Å². The fraction of sp³-hybridized carbons (Fsp3) is 0.333. The van der Waals surface area contributed by atoms with E-state index in [-0.39, 0.29) is 18.4 Å². The average molecular weight is 432 g/mol. The molecule has 2 amide bonds. The van der Waals surface area contributed by atoms with Crippen molar-refractivity contribution in [2.45, 2.75) is 26.7 Å². The number of rotatable bonds is 9. The summed E-state index contributed by atoms with van der Waals surface area (Å²) in [5.41, 5.74) is 2.20. The van der Waals surface area contributed by atoms with Gasteiger partial charge in [-0.3, -0.25) is 9.59 Å². The number of benzene rings is 2. The van der Waals surface area contributed by atoms with E-state index in [1.807, 2.05) is 41.3 Å². The van der Waals surface area contributed by atoms with Gasteiger partial charge < -0.3 is 15.5 Å². The zero-order chi connectivity index (χ0) is 19.6. The average Bonchev–Trinajstić information content (AvgIpc) is 2.68. The molecule has 0 bridgehead atoms. The number of halogens is 1. The molecule has 2 aromatic rings. The smallest absolute Gasteiger partial charge is 0.253 e. The van der Waals surface area contributed by atoms with Crippen LogP contribution in [0, 0.1) is 0 Å². The van der Waals surface area contributed by atoms with Crippen LogP contribution in [-0.2, 0) is 4.79 Å². The highest BCUT2D eigenvalue weighted by Gasteiger charge is 2.14. The first kappa shape index (κ1) is 21.0. The van der Waals surface area contributed by atoms with E-state index in [1.54, 1.807) is 12.1 Å². The molecule has 0 fully saturated rings. The molecule has 5 nitrogen and oxygen atoms in total. The predicted octanol–water partition coefficient (Wildman–Crippen LogP) is 4.76. The lowest BCUT2D eigenvalue weighted by atomic mass is 10.1. The minimum absolute atomic E-state index is 0.0527. The van der Waals surface area contributed by atoms with Gasteiger partial charge in [0.1, 0.15) is 0 Å². The Labute approximate surface area is 169 Å². The van der Waals surface area contributed by atoms with Crippen LogP contribution in [0.1, 0.15) is 37.0 Å². The van der Waals surface area contributed by atoms with E-state index in [2.05, 4.69) is 40.4 Å². The predicted molar refractivity (Wildman–Crippen MR) is 114 cm³/mol. The summed E-state index contributed by atoms with van der Waals surface area (Å²) < 4.78 is 0.838. The Bertz CT molecular complexity index is 756. The number of para-hydroxylation sites is 1. The maximum atomic E-state index is 12.6. The molecule has 2 N–H and O–H groups in total. The molecule has 0 unspecified atom stereocenters. The van der Waals surface area contributed by atoms with Crippen molar-refractivity contribution in [3.8, 4) is 0 Å². The van der Waals surface area contributed by atoms with E-state index in [1.165, 1.54) is 0 Å². The van der Waals surface area contributed by atoms with Gasteiger partial charge in [-0.25, -0.2) is 0 Å². The lowest BCUT2D eigenvalue weighted by Crippen LogP contribution is -2.32. The molecule has 144 valence electrons. The summed E-state index contributed by atoms with van der Waals surface area (Å²) in [5.74, 6) is -0.0870. The molecule has 6 heteroatoms. The molecule has 0 heterocycles. The second-order valence-electron chi connectivity index (χ2n) is 6.25. The van der Waals surface area contributed by atoms with Crippen molar-refractivity contribution < 1.29 is 9.59 Å². The van der Waals surface area contributed by atoms with Crippen LogP contribution in [0.25, 0.3) is 0 Å². The Morgan fingerprint density at radius 3 is 2.19 bits per heavy atom. The lowest BCUT2D eigenvalue weighted by Gasteiger charge is -2.21. The number of carbonyl (C=O) groups excluding carboxylic acids is 2. The summed E-state index contributed by atoms with van der Waals surface area (Å²) in [5, 5.41) is 5.92. The van der Waals surface area contributed by atoms with E-state index in [9.17, 15) is 9.59 Å². The molecule has 0 aliphatic rings. The van der Waals surface area contributed by atoms with Crippen LogP contribution >= 0.6 is 15.9 Å². The first-order valence-corrected chi connectivity index (χ1v) is 10.0. The summed E-state index contributed by atoms with van der Waals surface area (Å²) in [6, 6.07) is 14.7. The minimum atomic E-state index is -0.140. The van der Waals surface area contributed by atoms with Crippen LogP contribution < -0.4 is 10.6 Å². The maximum Gasteiger partial charge on any atom is 0.253 e. The molecule has 0 saturated carbocycles. The number of nitrogens with zero attached hydrogens (tertiary/aromatic N) is 1. The van der Waals surface area contributed by atoms with Crippen molar-refractivity contribution in [1.29, 1.82) is 0 Å². The first-order chi connectivity index (χ1) is 13.0. The number of nitrogens with one attached hydrogen (secondary N) is 2. The fourth-order valence-corrected chi connectivity index (χ4v) is 3.09. The number of amides is 2. The van der Waals surface area contributed by atoms with E-state index in [0.29, 0.717) is 5.56 Å². The fourth-order valence-electron chi connectivity index (χ4n) is 2.71. The monoisotopic (exact) mass is 431 g/mol. The van der Waals surface area contributed by atoms with Crippen LogP contribution in [0.5, 0.6) is 0 Å². The van der Waals surface area contributed by atoms with Crippen LogP contribution in [0.2, 0.25) is 0 Å². The van der Waals surface area contributed by atoms with E-state index >= 15 is 0 Å². The molecule has 0 spiro atoms. The second kappa shape index (κ2) is 10.7. The van der Waals surface area contributed by atoms with Crippen LogP contribution in [0.4, 0.5) is 11.4 Å². The molecule has 0 aliphatic carbocycles. The van der Waals surface area contributed by atoms with Gasteiger partial charge in [-0.05, 0) is 65.2 Å². The third kappa shape index (κ3) is 6.40. The molecule has 2 aromatic carbocycles. The Balaban J connectivity index is 1.90. The summed E-state index contributed by atoms with van der Waals surface area (Å²) in [6.45, 7) is 5.82. The molecule has 0 saturated heterocycles. The molecule has 0 atom stereocenters. The summed E-state index contributed by atoms with van der Waals surface area (Å²) >= 11 is 3.40. The van der Waals surface area contributed by atoms with Crippen molar-refractivity contribution in [1.82, 2.24) is 4.90 Å². The largest absolute Gasteiger partial charge is 0.376 e.